The van der Waals surface area contributed by atoms with Crippen LogP contribution in [0.4, 0.5) is 0 Å². The van der Waals surface area contributed by atoms with Crippen molar-refractivity contribution in [3.8, 4) is 0 Å². The van der Waals surface area contributed by atoms with E-state index in [0.717, 1.165) is 12.5 Å². The predicted molar refractivity (Wildman–Crippen MR) is 78.4 cm³/mol. The summed E-state index contributed by atoms with van der Waals surface area (Å²) in [6, 6.07) is 9.34. The van der Waals surface area contributed by atoms with Crippen LogP contribution in [0, 0.1) is 0 Å². The first kappa shape index (κ1) is 13.1. The molecule has 0 bridgehead atoms. The summed E-state index contributed by atoms with van der Waals surface area (Å²) < 4.78 is 6.01. The van der Waals surface area contributed by atoms with E-state index in [1.165, 1.54) is 44.1 Å². The molecule has 1 N–H and O–H groups in total. The van der Waals surface area contributed by atoms with Crippen molar-refractivity contribution in [1.82, 2.24) is 5.32 Å². The minimum atomic E-state index is 0.347. The summed E-state index contributed by atoms with van der Waals surface area (Å²) in [5.74, 6) is 0.788. The normalized spacial score (nSPS) is 25.8. The van der Waals surface area contributed by atoms with Crippen LogP contribution in [0.25, 0.3) is 0 Å². The summed E-state index contributed by atoms with van der Waals surface area (Å²) >= 11 is 0. The molecule has 2 unspecified atom stereocenters. The number of hydrogen-bond acceptors (Lipinski definition) is 2. The van der Waals surface area contributed by atoms with Crippen molar-refractivity contribution in [3.05, 3.63) is 35.4 Å². The summed E-state index contributed by atoms with van der Waals surface area (Å²) in [5, 5.41) is 3.51. The number of likely N-dealkylation sites (N-methyl/N-ethyl adjacent to an activating group) is 1. The zero-order valence-corrected chi connectivity index (χ0v) is 11.9. The van der Waals surface area contributed by atoms with Crippen molar-refractivity contribution >= 4 is 0 Å². The zero-order valence-electron chi connectivity index (χ0n) is 11.9. The van der Waals surface area contributed by atoms with E-state index in [2.05, 4.69) is 36.6 Å². The molecule has 2 fully saturated rings. The Balaban J connectivity index is 1.85. The Hall–Kier alpha value is -0.860. The van der Waals surface area contributed by atoms with Gasteiger partial charge in [-0.05, 0) is 56.2 Å². The van der Waals surface area contributed by atoms with Gasteiger partial charge in [0.1, 0.15) is 0 Å². The van der Waals surface area contributed by atoms with Gasteiger partial charge < -0.3 is 10.1 Å². The quantitative estimate of drug-likeness (QED) is 0.888. The van der Waals surface area contributed by atoms with E-state index < -0.39 is 0 Å². The Kier molecular flexibility index (Phi) is 4.19. The number of nitrogens with one attached hydrogen (secondary N) is 1. The summed E-state index contributed by atoms with van der Waals surface area (Å²) in [6.45, 7) is 0.925. The average molecular weight is 259 g/mol. The van der Waals surface area contributed by atoms with Gasteiger partial charge in [-0.2, -0.15) is 0 Å². The largest absolute Gasteiger partial charge is 0.376 e. The first-order valence-electron chi connectivity index (χ1n) is 7.78. The highest BCUT2D eigenvalue weighted by Crippen LogP contribution is 2.40. The summed E-state index contributed by atoms with van der Waals surface area (Å²) in [7, 11) is 2.07. The highest BCUT2D eigenvalue weighted by molar-refractivity contribution is 5.35. The molecule has 2 nitrogen and oxygen atoms in total. The van der Waals surface area contributed by atoms with E-state index in [1.807, 2.05) is 0 Å². The Morgan fingerprint density at radius 2 is 1.95 bits per heavy atom. The zero-order chi connectivity index (χ0) is 13.1. The molecule has 1 aliphatic carbocycles. The summed E-state index contributed by atoms with van der Waals surface area (Å²) in [4.78, 5) is 0. The third-order valence-electron chi connectivity index (χ3n) is 4.77. The molecule has 19 heavy (non-hydrogen) atoms. The molecule has 0 aromatic heterocycles. The summed E-state index contributed by atoms with van der Waals surface area (Å²) in [6.07, 6.45) is 8.16. The van der Waals surface area contributed by atoms with Crippen LogP contribution < -0.4 is 5.32 Å². The topological polar surface area (TPSA) is 21.3 Å². The minimum Gasteiger partial charge on any atom is -0.376 e. The van der Waals surface area contributed by atoms with Crippen LogP contribution in [0.5, 0.6) is 0 Å². The highest BCUT2D eigenvalue weighted by Gasteiger charge is 2.29. The van der Waals surface area contributed by atoms with Gasteiger partial charge in [-0.3, -0.25) is 0 Å². The lowest BCUT2D eigenvalue weighted by Crippen LogP contribution is -2.35. The number of rotatable bonds is 4. The molecule has 1 heterocycles. The molecule has 1 aliphatic heterocycles. The first-order valence-corrected chi connectivity index (χ1v) is 7.78. The van der Waals surface area contributed by atoms with Crippen molar-refractivity contribution in [2.75, 3.05) is 13.7 Å². The van der Waals surface area contributed by atoms with Crippen molar-refractivity contribution in [3.63, 3.8) is 0 Å². The molecular formula is C17H25NO. The van der Waals surface area contributed by atoms with Crippen LogP contribution >= 0.6 is 0 Å². The molecule has 0 radical (unpaired) electrons. The lowest BCUT2D eigenvalue weighted by molar-refractivity contribution is -0.00692. The second kappa shape index (κ2) is 6.06. The fourth-order valence-corrected chi connectivity index (χ4v) is 3.46. The van der Waals surface area contributed by atoms with Crippen LogP contribution in [0.15, 0.2) is 24.3 Å². The SMILES string of the molecule is CNC(c1ccccc1C1CCC1)C1CCCCO1. The molecule has 1 saturated carbocycles. The molecule has 1 saturated heterocycles. The van der Waals surface area contributed by atoms with E-state index in [1.54, 1.807) is 5.56 Å². The van der Waals surface area contributed by atoms with Crippen molar-refractivity contribution in [2.45, 2.75) is 56.6 Å². The third kappa shape index (κ3) is 2.70. The molecule has 0 amide bonds. The van der Waals surface area contributed by atoms with Gasteiger partial charge in [0.2, 0.25) is 0 Å². The second-order valence-electron chi connectivity index (χ2n) is 5.93. The molecule has 0 spiro atoms. The molecule has 3 rings (SSSR count). The van der Waals surface area contributed by atoms with Crippen LogP contribution in [0.1, 0.15) is 61.6 Å². The maximum Gasteiger partial charge on any atom is 0.0769 e. The van der Waals surface area contributed by atoms with Gasteiger partial charge in [-0.15, -0.1) is 0 Å². The monoisotopic (exact) mass is 259 g/mol. The van der Waals surface area contributed by atoms with Crippen LogP contribution in [0.2, 0.25) is 0 Å². The lowest BCUT2D eigenvalue weighted by atomic mass is 9.76. The van der Waals surface area contributed by atoms with E-state index in [4.69, 9.17) is 4.74 Å². The highest BCUT2D eigenvalue weighted by atomic mass is 16.5. The molecule has 1 aromatic carbocycles. The fourth-order valence-electron chi connectivity index (χ4n) is 3.46. The van der Waals surface area contributed by atoms with E-state index >= 15 is 0 Å². The fraction of sp³-hybridized carbons (Fsp3) is 0.647. The molecular weight excluding hydrogens is 234 g/mol. The Labute approximate surface area is 116 Å². The molecule has 1 aromatic rings. The Bertz CT molecular complexity index is 407. The van der Waals surface area contributed by atoms with Crippen molar-refractivity contribution in [1.29, 1.82) is 0 Å². The van der Waals surface area contributed by atoms with Gasteiger partial charge in [-0.1, -0.05) is 30.7 Å². The standard InChI is InChI=1S/C17H25NO/c1-18-17(16-11-4-5-12-19-16)15-10-3-2-9-14(15)13-7-6-8-13/h2-3,9-10,13,16-18H,4-8,11-12H2,1H3. The second-order valence-corrected chi connectivity index (χ2v) is 5.93. The first-order chi connectivity index (χ1) is 9.40. The van der Waals surface area contributed by atoms with E-state index in [9.17, 15) is 0 Å². The van der Waals surface area contributed by atoms with Crippen LogP contribution in [0.3, 0.4) is 0 Å². The van der Waals surface area contributed by atoms with Crippen molar-refractivity contribution in [2.24, 2.45) is 0 Å². The van der Waals surface area contributed by atoms with Gasteiger partial charge in [0, 0.05) is 6.61 Å². The van der Waals surface area contributed by atoms with Gasteiger partial charge >= 0.3 is 0 Å². The van der Waals surface area contributed by atoms with Crippen LogP contribution in [-0.2, 0) is 4.74 Å². The van der Waals surface area contributed by atoms with E-state index in [0.29, 0.717) is 12.1 Å². The number of ether oxygens (including phenoxy) is 1. The van der Waals surface area contributed by atoms with Gasteiger partial charge in [0.25, 0.3) is 0 Å². The molecule has 2 heteroatoms. The van der Waals surface area contributed by atoms with Crippen LogP contribution in [-0.4, -0.2) is 19.8 Å². The lowest BCUT2D eigenvalue weighted by Gasteiger charge is -2.35. The predicted octanol–water partition coefficient (Wildman–Crippen LogP) is 3.78. The third-order valence-corrected chi connectivity index (χ3v) is 4.77. The average Bonchev–Trinajstić information content (AvgIpc) is 2.41. The number of benzene rings is 1. The maximum atomic E-state index is 6.01. The molecule has 2 atom stereocenters. The Morgan fingerprint density at radius 1 is 1.11 bits per heavy atom. The van der Waals surface area contributed by atoms with E-state index in [-0.39, 0.29) is 0 Å². The van der Waals surface area contributed by atoms with Gasteiger partial charge in [-0.25, -0.2) is 0 Å². The van der Waals surface area contributed by atoms with Gasteiger partial charge in [0.05, 0.1) is 12.1 Å². The molecule has 104 valence electrons. The minimum absolute atomic E-state index is 0.347. The molecule has 2 aliphatic rings. The van der Waals surface area contributed by atoms with Gasteiger partial charge in [0.15, 0.2) is 0 Å². The summed E-state index contributed by atoms with van der Waals surface area (Å²) in [5.41, 5.74) is 3.03. The Morgan fingerprint density at radius 3 is 2.58 bits per heavy atom. The number of hydrogen-bond donors (Lipinski definition) is 1. The maximum absolute atomic E-state index is 6.01. The smallest absolute Gasteiger partial charge is 0.0769 e. The van der Waals surface area contributed by atoms with Crippen molar-refractivity contribution < 1.29 is 4.74 Å².